The van der Waals surface area contributed by atoms with Crippen molar-refractivity contribution in [2.45, 2.75) is 25.6 Å². The molecule has 0 spiro atoms. The van der Waals surface area contributed by atoms with Gasteiger partial charge in [-0.15, -0.1) is 11.8 Å². The fourth-order valence-electron chi connectivity index (χ4n) is 3.09. The molecule has 152 valence electrons. The highest BCUT2D eigenvalue weighted by Gasteiger charge is 2.40. The molecule has 3 rings (SSSR count). The number of amides is 2. The summed E-state index contributed by atoms with van der Waals surface area (Å²) in [6.07, 6.45) is 0. The summed E-state index contributed by atoms with van der Waals surface area (Å²) in [6.45, 7) is 3.77. The zero-order chi connectivity index (χ0) is 21.1. The second kappa shape index (κ2) is 8.69. The van der Waals surface area contributed by atoms with Gasteiger partial charge in [0, 0.05) is 10.8 Å². The van der Waals surface area contributed by atoms with Crippen LogP contribution < -0.4 is 9.47 Å². The van der Waals surface area contributed by atoms with E-state index in [1.807, 2.05) is 13.8 Å². The van der Waals surface area contributed by atoms with Gasteiger partial charge >= 0.3 is 0 Å². The molecule has 2 aromatic carbocycles. The van der Waals surface area contributed by atoms with Gasteiger partial charge in [0.05, 0.1) is 31.2 Å². The van der Waals surface area contributed by atoms with Gasteiger partial charge in [-0.3, -0.25) is 14.5 Å². The highest BCUT2D eigenvalue weighted by molar-refractivity contribution is 8.04. The highest BCUT2D eigenvalue weighted by Crippen LogP contribution is 2.40. The third kappa shape index (κ3) is 4.15. The van der Waals surface area contributed by atoms with E-state index in [2.05, 4.69) is 0 Å². The lowest BCUT2D eigenvalue weighted by molar-refractivity contribution is -0.137. The monoisotopic (exact) mass is 415 g/mol. The largest absolute Gasteiger partial charge is 0.493 e. The average Bonchev–Trinajstić information content (AvgIpc) is 2.92. The molecule has 1 heterocycles. The van der Waals surface area contributed by atoms with Gasteiger partial charge in [0.1, 0.15) is 5.82 Å². The summed E-state index contributed by atoms with van der Waals surface area (Å²) >= 11 is 1.32. The van der Waals surface area contributed by atoms with Crippen molar-refractivity contribution in [3.05, 3.63) is 64.3 Å². The molecule has 1 aliphatic rings. The number of carbonyl (C=O) groups is 2. The highest BCUT2D eigenvalue weighted by atomic mass is 32.2. The zero-order valence-electron chi connectivity index (χ0n) is 16.7. The molecule has 0 aromatic heterocycles. The predicted molar refractivity (Wildman–Crippen MR) is 111 cm³/mol. The Hall–Kier alpha value is -2.80. The molecule has 0 atom stereocenters. The second-order valence-electron chi connectivity index (χ2n) is 6.73. The van der Waals surface area contributed by atoms with E-state index in [-0.39, 0.29) is 17.4 Å². The Labute approximate surface area is 173 Å². The Balaban J connectivity index is 2.04. The summed E-state index contributed by atoms with van der Waals surface area (Å²) in [5.74, 6) is -0.338. The van der Waals surface area contributed by atoms with Crippen LogP contribution in [0.25, 0.3) is 5.57 Å². The summed E-state index contributed by atoms with van der Waals surface area (Å²) in [7, 11) is 3.03. The van der Waals surface area contributed by atoms with Crippen molar-refractivity contribution < 1.29 is 23.5 Å². The van der Waals surface area contributed by atoms with Crippen LogP contribution in [-0.4, -0.2) is 36.2 Å². The topological polar surface area (TPSA) is 55.8 Å². The molecule has 1 aliphatic heterocycles. The molecule has 0 radical (unpaired) electrons. The SMILES string of the molecule is COc1ccc(C2=C(SC(C)C)C(=O)N(Cc3ccccc3F)C2=O)cc1OC. The maximum atomic E-state index is 14.1. The first-order valence-corrected chi connectivity index (χ1v) is 9.98. The molecule has 0 N–H and O–H groups in total. The molecule has 2 aromatic rings. The summed E-state index contributed by atoms with van der Waals surface area (Å²) in [5.41, 5.74) is 1.14. The van der Waals surface area contributed by atoms with E-state index in [0.717, 1.165) is 4.90 Å². The van der Waals surface area contributed by atoms with Gasteiger partial charge in [-0.1, -0.05) is 38.1 Å². The van der Waals surface area contributed by atoms with Gasteiger partial charge in [-0.05, 0) is 23.8 Å². The summed E-state index contributed by atoms with van der Waals surface area (Å²) < 4.78 is 24.7. The quantitative estimate of drug-likeness (QED) is 0.633. The molecule has 0 saturated heterocycles. The number of hydrogen-bond donors (Lipinski definition) is 0. The first kappa shape index (κ1) is 20.9. The van der Waals surface area contributed by atoms with Crippen LogP contribution in [0.15, 0.2) is 47.4 Å². The second-order valence-corrected chi connectivity index (χ2v) is 8.32. The Kier molecular flexibility index (Phi) is 6.27. The predicted octanol–water partition coefficient (Wildman–Crippen LogP) is 4.26. The number of methoxy groups -OCH3 is 2. The van der Waals surface area contributed by atoms with Crippen LogP contribution in [-0.2, 0) is 16.1 Å². The number of halogens is 1. The van der Waals surface area contributed by atoms with Gasteiger partial charge in [-0.25, -0.2) is 4.39 Å². The van der Waals surface area contributed by atoms with Gasteiger partial charge in [0.25, 0.3) is 11.8 Å². The minimum Gasteiger partial charge on any atom is -0.493 e. The number of imide groups is 1. The Morgan fingerprint density at radius 3 is 2.31 bits per heavy atom. The maximum Gasteiger partial charge on any atom is 0.268 e. The van der Waals surface area contributed by atoms with Crippen molar-refractivity contribution in [2.24, 2.45) is 0 Å². The van der Waals surface area contributed by atoms with Crippen LogP contribution in [0.3, 0.4) is 0 Å². The van der Waals surface area contributed by atoms with E-state index < -0.39 is 17.6 Å². The van der Waals surface area contributed by atoms with Crippen molar-refractivity contribution in [2.75, 3.05) is 14.2 Å². The van der Waals surface area contributed by atoms with Gasteiger partial charge in [0.15, 0.2) is 11.5 Å². The Morgan fingerprint density at radius 1 is 1.00 bits per heavy atom. The van der Waals surface area contributed by atoms with Gasteiger partial charge in [-0.2, -0.15) is 0 Å². The molecule has 0 bridgehead atoms. The van der Waals surface area contributed by atoms with Gasteiger partial charge in [0.2, 0.25) is 0 Å². The number of carbonyl (C=O) groups excluding carboxylic acids is 2. The zero-order valence-corrected chi connectivity index (χ0v) is 17.5. The minimum atomic E-state index is -0.453. The third-order valence-corrected chi connectivity index (χ3v) is 5.52. The van der Waals surface area contributed by atoms with E-state index in [1.54, 1.807) is 36.4 Å². The Morgan fingerprint density at radius 2 is 1.69 bits per heavy atom. The molecule has 0 saturated carbocycles. The lowest BCUT2D eigenvalue weighted by atomic mass is 10.1. The summed E-state index contributed by atoms with van der Waals surface area (Å²) in [6, 6.07) is 11.2. The number of benzene rings is 2. The van der Waals surface area contributed by atoms with Gasteiger partial charge < -0.3 is 9.47 Å². The summed E-state index contributed by atoms with van der Waals surface area (Å²) in [5, 5.41) is 0.0882. The van der Waals surface area contributed by atoms with Crippen molar-refractivity contribution in [1.82, 2.24) is 4.90 Å². The minimum absolute atomic E-state index is 0.0882. The molecule has 5 nitrogen and oxygen atoms in total. The van der Waals surface area contributed by atoms with Crippen LogP contribution in [0.4, 0.5) is 4.39 Å². The molecule has 29 heavy (non-hydrogen) atoms. The number of hydrogen-bond acceptors (Lipinski definition) is 5. The van der Waals surface area contributed by atoms with Crippen LogP contribution in [0.1, 0.15) is 25.0 Å². The molecule has 0 unspecified atom stereocenters. The smallest absolute Gasteiger partial charge is 0.268 e. The normalized spacial score (nSPS) is 14.2. The maximum absolute atomic E-state index is 14.1. The number of ether oxygens (including phenoxy) is 2. The molecule has 7 heteroatoms. The van der Waals surface area contributed by atoms with E-state index in [0.29, 0.717) is 27.5 Å². The van der Waals surface area contributed by atoms with Crippen LogP contribution >= 0.6 is 11.8 Å². The van der Waals surface area contributed by atoms with Crippen LogP contribution in [0, 0.1) is 5.82 Å². The third-order valence-electron chi connectivity index (χ3n) is 4.44. The molecular formula is C22H22FNO4S. The molecule has 0 aliphatic carbocycles. The summed E-state index contributed by atoms with van der Waals surface area (Å²) in [4.78, 5) is 27.7. The van der Waals surface area contributed by atoms with Crippen molar-refractivity contribution >= 4 is 29.1 Å². The van der Waals surface area contributed by atoms with E-state index in [9.17, 15) is 14.0 Å². The first-order valence-electron chi connectivity index (χ1n) is 9.10. The van der Waals surface area contributed by atoms with Crippen LogP contribution in [0.2, 0.25) is 0 Å². The fraction of sp³-hybridized carbons (Fsp3) is 0.273. The number of thioether (sulfide) groups is 1. The molecule has 0 fully saturated rings. The lowest BCUT2D eigenvalue weighted by Crippen LogP contribution is -2.31. The standard InChI is InChI=1S/C22H22FNO4S/c1-13(2)29-20-19(14-9-10-17(27-3)18(11-14)28-4)21(25)24(22(20)26)12-15-7-5-6-8-16(15)23/h5-11,13H,12H2,1-4H3. The number of rotatable bonds is 7. The van der Waals surface area contributed by atoms with Crippen molar-refractivity contribution in [3.63, 3.8) is 0 Å². The van der Waals surface area contributed by atoms with E-state index >= 15 is 0 Å². The van der Waals surface area contributed by atoms with Crippen molar-refractivity contribution in [1.29, 1.82) is 0 Å². The van der Waals surface area contributed by atoms with Crippen molar-refractivity contribution in [3.8, 4) is 11.5 Å². The van der Waals surface area contributed by atoms with E-state index in [1.165, 1.54) is 32.0 Å². The van der Waals surface area contributed by atoms with E-state index in [4.69, 9.17) is 9.47 Å². The number of nitrogens with zero attached hydrogens (tertiary/aromatic N) is 1. The first-order chi connectivity index (χ1) is 13.9. The average molecular weight is 415 g/mol. The molecular weight excluding hydrogens is 393 g/mol. The molecule has 2 amide bonds. The Bertz CT molecular complexity index is 987. The lowest BCUT2D eigenvalue weighted by Gasteiger charge is -2.16. The van der Waals surface area contributed by atoms with Crippen LogP contribution in [0.5, 0.6) is 11.5 Å². The fourth-order valence-corrected chi connectivity index (χ4v) is 4.09.